The maximum Gasteiger partial charge on any atom is 0.326 e. The quantitative estimate of drug-likeness (QED) is 0.807. The first kappa shape index (κ1) is 9.45. The molecule has 0 bridgehead atoms. The molecule has 5 heteroatoms. The van der Waals surface area contributed by atoms with Gasteiger partial charge in [0, 0.05) is 17.6 Å². The maximum atomic E-state index is 10.9. The summed E-state index contributed by atoms with van der Waals surface area (Å²) in [4.78, 5) is 18.1. The Morgan fingerprint density at radius 2 is 2.57 bits per heavy atom. The van der Waals surface area contributed by atoms with Crippen LogP contribution in [0.2, 0.25) is 0 Å². The summed E-state index contributed by atoms with van der Waals surface area (Å²) in [7, 11) is 0. The van der Waals surface area contributed by atoms with Crippen LogP contribution in [0.25, 0.3) is 0 Å². The lowest BCUT2D eigenvalue weighted by molar-refractivity contribution is -0.138. The standard InChI is InChI=1S/C9H12N2O2S/c1-6-5-10-9(14-6)11-4-2-3-7(11)8(12)13/h5,7H,2-4H2,1H3,(H,12,13). The van der Waals surface area contributed by atoms with Gasteiger partial charge in [-0.1, -0.05) is 0 Å². The third-order valence-electron chi connectivity index (χ3n) is 2.39. The molecule has 4 nitrogen and oxygen atoms in total. The van der Waals surface area contributed by atoms with Crippen molar-refractivity contribution in [3.05, 3.63) is 11.1 Å². The van der Waals surface area contributed by atoms with E-state index in [1.54, 1.807) is 17.5 Å². The lowest BCUT2D eigenvalue weighted by atomic mass is 10.2. The zero-order valence-corrected chi connectivity index (χ0v) is 8.75. The molecule has 1 saturated heterocycles. The molecule has 0 radical (unpaired) electrons. The molecule has 0 aromatic carbocycles. The maximum absolute atomic E-state index is 10.9. The number of nitrogens with zero attached hydrogens (tertiary/aromatic N) is 2. The van der Waals surface area contributed by atoms with E-state index in [2.05, 4.69) is 4.98 Å². The zero-order chi connectivity index (χ0) is 10.1. The van der Waals surface area contributed by atoms with E-state index in [1.807, 2.05) is 11.8 Å². The number of thiazole rings is 1. The van der Waals surface area contributed by atoms with E-state index in [0.29, 0.717) is 0 Å². The SMILES string of the molecule is Cc1cnc(N2CCCC2C(=O)O)s1. The predicted octanol–water partition coefficient (Wildman–Crippen LogP) is 1.50. The van der Waals surface area contributed by atoms with Crippen molar-refractivity contribution < 1.29 is 9.90 Å². The Bertz CT molecular complexity index is 350. The highest BCUT2D eigenvalue weighted by Crippen LogP contribution is 2.29. The molecule has 0 spiro atoms. The van der Waals surface area contributed by atoms with E-state index < -0.39 is 5.97 Å². The van der Waals surface area contributed by atoms with E-state index in [9.17, 15) is 4.79 Å². The minimum absolute atomic E-state index is 0.374. The van der Waals surface area contributed by atoms with Crippen LogP contribution in [0.15, 0.2) is 6.20 Å². The first-order valence-electron chi connectivity index (χ1n) is 4.60. The van der Waals surface area contributed by atoms with Crippen LogP contribution in [0.4, 0.5) is 5.13 Å². The number of aryl methyl sites for hydroxylation is 1. The Labute approximate surface area is 86.2 Å². The summed E-state index contributed by atoms with van der Waals surface area (Å²) in [5, 5.41) is 9.83. The van der Waals surface area contributed by atoms with Crippen molar-refractivity contribution in [1.29, 1.82) is 0 Å². The fourth-order valence-electron chi connectivity index (χ4n) is 1.73. The number of hydrogen-bond donors (Lipinski definition) is 1. The van der Waals surface area contributed by atoms with E-state index in [-0.39, 0.29) is 6.04 Å². The van der Waals surface area contributed by atoms with Crippen LogP contribution in [0.5, 0.6) is 0 Å². The summed E-state index contributed by atoms with van der Waals surface area (Å²) in [5.74, 6) is -0.740. The van der Waals surface area contributed by atoms with Crippen molar-refractivity contribution in [3.63, 3.8) is 0 Å². The molecule has 1 aliphatic rings. The van der Waals surface area contributed by atoms with Crippen molar-refractivity contribution in [2.45, 2.75) is 25.8 Å². The van der Waals surface area contributed by atoms with Crippen LogP contribution in [0.1, 0.15) is 17.7 Å². The molecular weight excluding hydrogens is 200 g/mol. The van der Waals surface area contributed by atoms with Crippen LogP contribution in [-0.2, 0) is 4.79 Å². The van der Waals surface area contributed by atoms with Crippen LogP contribution in [0, 0.1) is 6.92 Å². The third-order valence-corrected chi connectivity index (χ3v) is 3.34. The van der Waals surface area contributed by atoms with Crippen LogP contribution in [-0.4, -0.2) is 28.6 Å². The highest BCUT2D eigenvalue weighted by Gasteiger charge is 2.31. The van der Waals surface area contributed by atoms with E-state index in [1.165, 1.54) is 0 Å². The first-order valence-corrected chi connectivity index (χ1v) is 5.42. The van der Waals surface area contributed by atoms with E-state index >= 15 is 0 Å². The highest BCUT2D eigenvalue weighted by molar-refractivity contribution is 7.15. The number of rotatable bonds is 2. The van der Waals surface area contributed by atoms with Crippen LogP contribution in [0.3, 0.4) is 0 Å². The summed E-state index contributed by atoms with van der Waals surface area (Å²) in [6.45, 7) is 2.79. The van der Waals surface area contributed by atoms with Gasteiger partial charge in [-0.15, -0.1) is 11.3 Å². The smallest absolute Gasteiger partial charge is 0.326 e. The van der Waals surface area contributed by atoms with Gasteiger partial charge in [0.25, 0.3) is 0 Å². The van der Waals surface area contributed by atoms with Gasteiger partial charge in [-0.05, 0) is 19.8 Å². The molecule has 2 heterocycles. The minimum atomic E-state index is -0.740. The molecule has 1 aromatic heterocycles. The van der Waals surface area contributed by atoms with Gasteiger partial charge in [0.05, 0.1) is 0 Å². The zero-order valence-electron chi connectivity index (χ0n) is 7.93. The molecule has 1 unspecified atom stereocenters. The van der Waals surface area contributed by atoms with Crippen molar-refractivity contribution in [3.8, 4) is 0 Å². The Kier molecular flexibility index (Phi) is 2.41. The molecule has 1 fully saturated rings. The molecule has 1 aliphatic heterocycles. The highest BCUT2D eigenvalue weighted by atomic mass is 32.1. The second kappa shape index (κ2) is 3.57. The molecule has 0 amide bonds. The molecule has 0 saturated carbocycles. The van der Waals surface area contributed by atoms with Crippen molar-refractivity contribution >= 4 is 22.4 Å². The van der Waals surface area contributed by atoms with Crippen molar-refractivity contribution in [2.75, 3.05) is 11.4 Å². The number of carboxylic acid groups (broad SMARTS) is 1. The van der Waals surface area contributed by atoms with Gasteiger partial charge in [-0.25, -0.2) is 9.78 Å². The van der Waals surface area contributed by atoms with Gasteiger partial charge in [-0.2, -0.15) is 0 Å². The van der Waals surface area contributed by atoms with Gasteiger partial charge in [0.15, 0.2) is 5.13 Å². The number of hydrogen-bond acceptors (Lipinski definition) is 4. The predicted molar refractivity (Wildman–Crippen MR) is 54.9 cm³/mol. The number of carbonyl (C=O) groups is 1. The summed E-state index contributed by atoms with van der Waals surface area (Å²) in [5.41, 5.74) is 0. The lowest BCUT2D eigenvalue weighted by Gasteiger charge is -2.19. The van der Waals surface area contributed by atoms with E-state index in [0.717, 1.165) is 29.4 Å². The topological polar surface area (TPSA) is 53.4 Å². The lowest BCUT2D eigenvalue weighted by Crippen LogP contribution is -2.35. The summed E-state index contributed by atoms with van der Waals surface area (Å²) >= 11 is 1.56. The molecule has 1 atom stereocenters. The Balaban J connectivity index is 2.21. The third kappa shape index (κ3) is 1.59. The van der Waals surface area contributed by atoms with Crippen LogP contribution >= 0.6 is 11.3 Å². The number of carboxylic acids is 1. The summed E-state index contributed by atoms with van der Waals surface area (Å²) in [6, 6.07) is -0.374. The molecule has 1 N–H and O–H groups in total. The molecule has 14 heavy (non-hydrogen) atoms. The summed E-state index contributed by atoms with van der Waals surface area (Å²) in [6.07, 6.45) is 3.46. The Morgan fingerprint density at radius 1 is 1.79 bits per heavy atom. The van der Waals surface area contributed by atoms with Gasteiger partial charge in [0.2, 0.25) is 0 Å². The molecule has 0 aliphatic carbocycles. The number of anilines is 1. The Morgan fingerprint density at radius 3 is 3.14 bits per heavy atom. The fraction of sp³-hybridized carbons (Fsp3) is 0.556. The van der Waals surface area contributed by atoms with Gasteiger partial charge in [0.1, 0.15) is 6.04 Å². The number of aliphatic carboxylic acids is 1. The largest absolute Gasteiger partial charge is 0.480 e. The average molecular weight is 212 g/mol. The molecular formula is C9H12N2O2S. The van der Waals surface area contributed by atoms with E-state index in [4.69, 9.17) is 5.11 Å². The van der Waals surface area contributed by atoms with Gasteiger partial charge in [-0.3, -0.25) is 0 Å². The normalized spacial score (nSPS) is 21.5. The molecule has 1 aromatic rings. The molecule has 2 rings (SSSR count). The number of aromatic nitrogens is 1. The van der Waals surface area contributed by atoms with Crippen LogP contribution < -0.4 is 4.90 Å². The minimum Gasteiger partial charge on any atom is -0.480 e. The van der Waals surface area contributed by atoms with Crippen molar-refractivity contribution in [2.24, 2.45) is 0 Å². The fourth-order valence-corrected chi connectivity index (χ4v) is 2.56. The summed E-state index contributed by atoms with van der Waals surface area (Å²) < 4.78 is 0. The monoisotopic (exact) mass is 212 g/mol. The van der Waals surface area contributed by atoms with Gasteiger partial charge >= 0.3 is 5.97 Å². The average Bonchev–Trinajstić information content (AvgIpc) is 2.70. The first-order chi connectivity index (χ1) is 6.68. The second-order valence-corrected chi connectivity index (χ2v) is 4.66. The Hall–Kier alpha value is -1.10. The van der Waals surface area contributed by atoms with Crippen molar-refractivity contribution in [1.82, 2.24) is 4.98 Å². The van der Waals surface area contributed by atoms with Gasteiger partial charge < -0.3 is 10.0 Å². The molecule has 76 valence electrons. The second-order valence-electron chi connectivity index (χ2n) is 3.44.